The fraction of sp³-hybridized carbons (Fsp3) is 0.333. The Bertz CT molecular complexity index is 305. The van der Waals surface area contributed by atoms with E-state index < -0.39 is 0 Å². The molecule has 0 unspecified atom stereocenters. The Morgan fingerprint density at radius 1 is 1.15 bits per heavy atom. The van der Waals surface area contributed by atoms with E-state index in [4.69, 9.17) is 0 Å². The van der Waals surface area contributed by atoms with E-state index in [1.165, 1.54) is 23.6 Å². The average molecular weight is 180 g/mol. The van der Waals surface area contributed by atoms with Crippen LogP contribution in [0.15, 0.2) is 24.3 Å². The van der Waals surface area contributed by atoms with Crippen LogP contribution in [0.25, 0.3) is 0 Å². The fourth-order valence-corrected chi connectivity index (χ4v) is 1.11. The van der Waals surface area contributed by atoms with Gasteiger partial charge in [-0.3, -0.25) is 19.4 Å². The maximum atomic E-state index is 11.0. The van der Waals surface area contributed by atoms with Crippen LogP contribution in [0.3, 0.4) is 0 Å². The van der Waals surface area contributed by atoms with Crippen molar-refractivity contribution in [2.24, 2.45) is 0 Å². The molecule has 0 N–H and O–H groups in total. The quantitative estimate of drug-likeness (QED) is 0.558. The molecule has 0 radical (unpaired) electrons. The summed E-state index contributed by atoms with van der Waals surface area (Å²) in [7, 11) is 0. The molecule has 2 amide bonds. The molecule has 0 spiro atoms. The van der Waals surface area contributed by atoms with Gasteiger partial charge in [0.05, 0.1) is 0 Å². The van der Waals surface area contributed by atoms with Crippen molar-refractivity contribution >= 4 is 11.8 Å². The predicted octanol–water partition coefficient (Wildman–Crippen LogP) is 1.03. The van der Waals surface area contributed by atoms with E-state index in [9.17, 15) is 9.59 Å². The van der Waals surface area contributed by atoms with Crippen molar-refractivity contribution in [3.63, 3.8) is 0 Å². The Kier molecular flexibility index (Phi) is 2.51. The topological polar surface area (TPSA) is 40.6 Å². The molecular formula is C9H12N2O2. The maximum absolute atomic E-state index is 11.0. The maximum Gasteiger partial charge on any atom is 0.227 e. The second kappa shape index (κ2) is 3.43. The molecule has 1 heterocycles. The highest BCUT2D eigenvalue weighted by atomic mass is 16.2. The Hall–Kier alpha value is -1.58. The fourth-order valence-electron chi connectivity index (χ4n) is 1.11. The van der Waals surface area contributed by atoms with E-state index in [0.29, 0.717) is 0 Å². The van der Waals surface area contributed by atoms with Crippen molar-refractivity contribution < 1.29 is 9.59 Å². The van der Waals surface area contributed by atoms with Crippen LogP contribution in [0.5, 0.6) is 0 Å². The van der Waals surface area contributed by atoms with Gasteiger partial charge in [-0.1, -0.05) is 0 Å². The van der Waals surface area contributed by atoms with Crippen LogP contribution in [-0.2, 0) is 9.59 Å². The predicted molar refractivity (Wildman–Crippen MR) is 47.9 cm³/mol. The molecule has 70 valence electrons. The van der Waals surface area contributed by atoms with Gasteiger partial charge in [0.2, 0.25) is 11.8 Å². The number of rotatable bonds is 0. The van der Waals surface area contributed by atoms with Crippen LogP contribution < -0.4 is 0 Å². The lowest BCUT2D eigenvalue weighted by atomic mass is 10.3. The molecule has 0 fully saturated rings. The molecular weight excluding hydrogens is 168 g/mol. The van der Waals surface area contributed by atoms with E-state index >= 15 is 0 Å². The average Bonchev–Trinajstić information content (AvgIpc) is 2.03. The molecule has 0 saturated heterocycles. The summed E-state index contributed by atoms with van der Waals surface area (Å²) < 4.78 is 0. The summed E-state index contributed by atoms with van der Waals surface area (Å²) in [6.07, 6.45) is 4.78. The summed E-state index contributed by atoms with van der Waals surface area (Å²) in [4.78, 5) is 24.9. The Morgan fingerprint density at radius 3 is 2.15 bits per heavy atom. The number of carbonyl (C=O) groups is 2. The molecule has 1 aliphatic heterocycles. The van der Waals surface area contributed by atoms with Crippen LogP contribution >= 0.6 is 0 Å². The summed E-state index contributed by atoms with van der Waals surface area (Å²) in [5, 5.41) is 0. The first kappa shape index (κ1) is 9.51. The summed E-state index contributed by atoms with van der Waals surface area (Å²) >= 11 is 0. The second-order valence-electron chi connectivity index (χ2n) is 2.88. The van der Waals surface area contributed by atoms with Gasteiger partial charge in [0.15, 0.2) is 0 Å². The van der Waals surface area contributed by atoms with Gasteiger partial charge < -0.3 is 0 Å². The molecule has 0 aromatic rings. The van der Waals surface area contributed by atoms with Crippen molar-refractivity contribution in [2.75, 3.05) is 0 Å². The van der Waals surface area contributed by atoms with Crippen LogP contribution in [0, 0.1) is 0 Å². The number of hydrogen-bond acceptors (Lipinski definition) is 2. The number of carbonyl (C=O) groups excluding carboxylic acids is 2. The van der Waals surface area contributed by atoms with Gasteiger partial charge in [0.25, 0.3) is 0 Å². The lowest BCUT2D eigenvalue weighted by molar-refractivity contribution is -0.127. The largest absolute Gasteiger partial charge is 0.292 e. The molecule has 13 heavy (non-hydrogen) atoms. The third-order valence-corrected chi connectivity index (χ3v) is 1.79. The highest BCUT2D eigenvalue weighted by molar-refractivity contribution is 5.79. The smallest absolute Gasteiger partial charge is 0.227 e. The van der Waals surface area contributed by atoms with E-state index in [1.807, 2.05) is 0 Å². The Morgan fingerprint density at radius 2 is 1.77 bits per heavy atom. The highest BCUT2D eigenvalue weighted by Gasteiger charge is 2.14. The Balaban J connectivity index is 2.84. The molecule has 1 rings (SSSR count). The Labute approximate surface area is 77.1 Å². The van der Waals surface area contributed by atoms with E-state index in [0.717, 1.165) is 5.70 Å². The van der Waals surface area contributed by atoms with Gasteiger partial charge in [-0.15, -0.1) is 0 Å². The molecule has 0 aromatic heterocycles. The molecule has 0 saturated carbocycles. The number of hydrogen-bond donors (Lipinski definition) is 0. The number of amides is 2. The SMILES string of the molecule is CC(=O)N1C=CN(C(C)=O)C(C)=C1. The van der Waals surface area contributed by atoms with Crippen LogP contribution in [0.4, 0.5) is 0 Å². The van der Waals surface area contributed by atoms with E-state index in [-0.39, 0.29) is 11.8 Å². The molecule has 0 aromatic carbocycles. The van der Waals surface area contributed by atoms with Gasteiger partial charge >= 0.3 is 0 Å². The molecule has 0 atom stereocenters. The number of allylic oxidation sites excluding steroid dienone is 1. The van der Waals surface area contributed by atoms with Crippen LogP contribution in [0.1, 0.15) is 20.8 Å². The van der Waals surface area contributed by atoms with Crippen LogP contribution in [0.2, 0.25) is 0 Å². The third-order valence-electron chi connectivity index (χ3n) is 1.79. The van der Waals surface area contributed by atoms with Crippen molar-refractivity contribution in [3.05, 3.63) is 24.3 Å². The lowest BCUT2D eigenvalue weighted by Crippen LogP contribution is -2.29. The summed E-state index contributed by atoms with van der Waals surface area (Å²) in [5.74, 6) is -0.132. The van der Waals surface area contributed by atoms with Gasteiger partial charge in [-0.2, -0.15) is 0 Å². The van der Waals surface area contributed by atoms with E-state index in [2.05, 4.69) is 0 Å². The third kappa shape index (κ3) is 1.96. The van der Waals surface area contributed by atoms with Gasteiger partial charge in [-0.05, 0) is 6.92 Å². The zero-order chi connectivity index (χ0) is 10.0. The lowest BCUT2D eigenvalue weighted by Gasteiger charge is -2.25. The van der Waals surface area contributed by atoms with Crippen molar-refractivity contribution in [2.45, 2.75) is 20.8 Å². The minimum absolute atomic E-state index is 0.0618. The van der Waals surface area contributed by atoms with Gasteiger partial charge in [0, 0.05) is 38.1 Å². The minimum atomic E-state index is -0.0706. The van der Waals surface area contributed by atoms with Crippen LogP contribution in [-0.4, -0.2) is 21.6 Å². The molecule has 4 heteroatoms. The zero-order valence-corrected chi connectivity index (χ0v) is 7.94. The van der Waals surface area contributed by atoms with Crippen molar-refractivity contribution in [3.8, 4) is 0 Å². The summed E-state index contributed by atoms with van der Waals surface area (Å²) in [6.45, 7) is 4.73. The van der Waals surface area contributed by atoms with E-state index in [1.54, 1.807) is 25.5 Å². The zero-order valence-electron chi connectivity index (χ0n) is 7.94. The monoisotopic (exact) mass is 180 g/mol. The van der Waals surface area contributed by atoms with Gasteiger partial charge in [-0.25, -0.2) is 0 Å². The molecule has 0 aliphatic carbocycles. The minimum Gasteiger partial charge on any atom is -0.292 e. The number of nitrogens with zero attached hydrogens (tertiary/aromatic N) is 2. The highest BCUT2D eigenvalue weighted by Crippen LogP contribution is 2.12. The molecule has 0 bridgehead atoms. The van der Waals surface area contributed by atoms with Crippen molar-refractivity contribution in [1.82, 2.24) is 9.80 Å². The van der Waals surface area contributed by atoms with Gasteiger partial charge in [0.1, 0.15) is 0 Å². The summed E-state index contributed by atoms with van der Waals surface area (Å²) in [6, 6.07) is 0. The molecule has 4 nitrogen and oxygen atoms in total. The first-order valence-corrected chi connectivity index (χ1v) is 3.98. The normalized spacial score (nSPS) is 15.8. The second-order valence-corrected chi connectivity index (χ2v) is 2.88. The summed E-state index contributed by atoms with van der Waals surface area (Å²) in [5.41, 5.74) is 0.741. The first-order valence-electron chi connectivity index (χ1n) is 3.98. The van der Waals surface area contributed by atoms with Crippen molar-refractivity contribution in [1.29, 1.82) is 0 Å². The molecule has 1 aliphatic rings. The first-order chi connectivity index (χ1) is 6.02. The standard InChI is InChI=1S/C9H12N2O2/c1-7-6-10(8(2)12)4-5-11(7)9(3)13/h4-6H,1-3H3.